The minimum atomic E-state index is 0.389. The Morgan fingerprint density at radius 1 is 1.46 bits per heavy atom. The van der Waals surface area contributed by atoms with Crippen molar-refractivity contribution >= 4 is 11.8 Å². The molecule has 72 valence electrons. The molecular weight excluding hydrogens is 182 g/mol. The van der Waals surface area contributed by atoms with E-state index in [4.69, 9.17) is 5.73 Å². The number of hydrogen-bond acceptors (Lipinski definition) is 3. The lowest BCUT2D eigenvalue weighted by molar-refractivity contribution is 0.465. The summed E-state index contributed by atoms with van der Waals surface area (Å²) in [5.74, 6) is 0.389. The summed E-state index contributed by atoms with van der Waals surface area (Å²) >= 11 is 1.63. The minimum absolute atomic E-state index is 0.389. The molecule has 0 saturated heterocycles. The number of phenols is 1. The lowest BCUT2D eigenvalue weighted by Crippen LogP contribution is -2.00. The lowest BCUT2D eigenvalue weighted by atomic mass is 10.1. The molecule has 3 heteroatoms. The monoisotopic (exact) mass is 197 g/mol. The highest BCUT2D eigenvalue weighted by atomic mass is 32.2. The van der Waals surface area contributed by atoms with Crippen LogP contribution in [0.1, 0.15) is 12.0 Å². The summed E-state index contributed by atoms with van der Waals surface area (Å²) in [6, 6.07) is 5.80. The Morgan fingerprint density at radius 3 is 2.77 bits per heavy atom. The average Bonchev–Trinajstić information content (AvgIpc) is 2.16. The predicted molar refractivity (Wildman–Crippen MR) is 57.3 cm³/mol. The number of aryl methyl sites for hydroxylation is 1. The molecule has 0 aromatic heterocycles. The van der Waals surface area contributed by atoms with Crippen molar-refractivity contribution in [3.8, 4) is 5.75 Å². The summed E-state index contributed by atoms with van der Waals surface area (Å²) in [6.07, 6.45) is 3.78. The van der Waals surface area contributed by atoms with Crippen LogP contribution < -0.4 is 5.73 Å². The van der Waals surface area contributed by atoms with Gasteiger partial charge in [0.15, 0.2) is 0 Å². The van der Waals surface area contributed by atoms with Crippen molar-refractivity contribution in [2.45, 2.75) is 17.7 Å². The minimum Gasteiger partial charge on any atom is -0.508 e. The van der Waals surface area contributed by atoms with E-state index in [2.05, 4.69) is 0 Å². The molecule has 0 radical (unpaired) electrons. The van der Waals surface area contributed by atoms with Crippen LogP contribution in [0.3, 0.4) is 0 Å². The zero-order valence-electron chi connectivity index (χ0n) is 7.79. The van der Waals surface area contributed by atoms with Gasteiger partial charge in [-0.25, -0.2) is 0 Å². The van der Waals surface area contributed by atoms with E-state index in [0.717, 1.165) is 23.3 Å². The number of phenolic OH excluding ortho intramolecular Hbond substituents is 1. The highest BCUT2D eigenvalue weighted by Crippen LogP contribution is 2.24. The molecule has 0 spiro atoms. The summed E-state index contributed by atoms with van der Waals surface area (Å²) in [4.78, 5) is 1.09. The molecule has 0 unspecified atom stereocenters. The zero-order chi connectivity index (χ0) is 9.68. The van der Waals surface area contributed by atoms with Crippen molar-refractivity contribution in [2.75, 3.05) is 12.8 Å². The molecule has 0 aliphatic rings. The fourth-order valence-electron chi connectivity index (χ4n) is 1.17. The van der Waals surface area contributed by atoms with Crippen molar-refractivity contribution in [1.82, 2.24) is 0 Å². The fraction of sp³-hybridized carbons (Fsp3) is 0.400. The highest BCUT2D eigenvalue weighted by Gasteiger charge is 2.01. The van der Waals surface area contributed by atoms with Gasteiger partial charge in [0, 0.05) is 4.90 Å². The van der Waals surface area contributed by atoms with E-state index in [1.165, 1.54) is 0 Å². The highest BCUT2D eigenvalue weighted by molar-refractivity contribution is 7.98. The summed E-state index contributed by atoms with van der Waals surface area (Å²) in [5, 5.41) is 9.59. The van der Waals surface area contributed by atoms with Crippen LogP contribution in [0.4, 0.5) is 0 Å². The molecule has 2 nitrogen and oxygen atoms in total. The van der Waals surface area contributed by atoms with Crippen LogP contribution in [0.5, 0.6) is 5.75 Å². The Bertz CT molecular complexity index is 276. The maximum absolute atomic E-state index is 9.59. The van der Waals surface area contributed by atoms with Gasteiger partial charge < -0.3 is 10.8 Å². The van der Waals surface area contributed by atoms with Crippen molar-refractivity contribution in [2.24, 2.45) is 5.73 Å². The first-order valence-electron chi connectivity index (χ1n) is 4.34. The number of benzene rings is 1. The first-order chi connectivity index (χ1) is 6.27. The van der Waals surface area contributed by atoms with Gasteiger partial charge in [-0.3, -0.25) is 0 Å². The molecule has 1 aromatic rings. The molecule has 0 aliphatic carbocycles. The normalized spacial score (nSPS) is 10.3. The van der Waals surface area contributed by atoms with E-state index in [1.54, 1.807) is 17.8 Å². The van der Waals surface area contributed by atoms with Gasteiger partial charge in [0.05, 0.1) is 0 Å². The molecular formula is C10H15NOS. The first kappa shape index (κ1) is 10.4. The topological polar surface area (TPSA) is 46.2 Å². The van der Waals surface area contributed by atoms with E-state index in [-0.39, 0.29) is 0 Å². The van der Waals surface area contributed by atoms with Crippen molar-refractivity contribution < 1.29 is 5.11 Å². The number of hydrogen-bond donors (Lipinski definition) is 2. The Balaban J connectivity index is 2.73. The van der Waals surface area contributed by atoms with E-state index in [9.17, 15) is 5.11 Å². The summed E-state index contributed by atoms with van der Waals surface area (Å²) in [5.41, 5.74) is 6.39. The molecule has 0 saturated carbocycles. The molecule has 0 fully saturated rings. The van der Waals surface area contributed by atoms with E-state index >= 15 is 0 Å². The molecule has 0 aliphatic heterocycles. The van der Waals surface area contributed by atoms with Gasteiger partial charge >= 0.3 is 0 Å². The lowest BCUT2D eigenvalue weighted by Gasteiger charge is -2.04. The van der Waals surface area contributed by atoms with Crippen LogP contribution >= 0.6 is 11.8 Å². The SMILES string of the molecule is CSc1ccc(CCCN)c(O)c1. The van der Waals surface area contributed by atoms with Gasteiger partial charge in [0.25, 0.3) is 0 Å². The van der Waals surface area contributed by atoms with Crippen LogP contribution in [0.15, 0.2) is 23.1 Å². The van der Waals surface area contributed by atoms with Gasteiger partial charge in [0.1, 0.15) is 5.75 Å². The summed E-state index contributed by atoms with van der Waals surface area (Å²) < 4.78 is 0. The third-order valence-electron chi connectivity index (χ3n) is 1.94. The van der Waals surface area contributed by atoms with Crippen LogP contribution in [0.25, 0.3) is 0 Å². The van der Waals surface area contributed by atoms with Crippen LogP contribution in [0.2, 0.25) is 0 Å². The van der Waals surface area contributed by atoms with Gasteiger partial charge in [-0.2, -0.15) is 0 Å². The summed E-state index contributed by atoms with van der Waals surface area (Å²) in [7, 11) is 0. The van der Waals surface area contributed by atoms with Crippen molar-refractivity contribution in [3.63, 3.8) is 0 Å². The number of rotatable bonds is 4. The van der Waals surface area contributed by atoms with Crippen LogP contribution in [-0.4, -0.2) is 17.9 Å². The fourth-order valence-corrected chi connectivity index (χ4v) is 1.61. The molecule has 0 amide bonds. The molecule has 13 heavy (non-hydrogen) atoms. The van der Waals surface area contributed by atoms with E-state index in [0.29, 0.717) is 12.3 Å². The Hall–Kier alpha value is -0.670. The van der Waals surface area contributed by atoms with Crippen LogP contribution in [0, 0.1) is 0 Å². The second-order valence-corrected chi connectivity index (χ2v) is 3.77. The quantitative estimate of drug-likeness (QED) is 0.726. The van der Waals surface area contributed by atoms with Crippen molar-refractivity contribution in [3.05, 3.63) is 23.8 Å². The van der Waals surface area contributed by atoms with Gasteiger partial charge in [-0.15, -0.1) is 11.8 Å². The second kappa shape index (κ2) is 5.14. The maximum Gasteiger partial charge on any atom is 0.119 e. The van der Waals surface area contributed by atoms with Gasteiger partial charge in [0.2, 0.25) is 0 Å². The first-order valence-corrected chi connectivity index (χ1v) is 5.56. The van der Waals surface area contributed by atoms with E-state index < -0.39 is 0 Å². The molecule has 0 heterocycles. The Morgan fingerprint density at radius 2 is 2.23 bits per heavy atom. The summed E-state index contributed by atoms with van der Waals surface area (Å²) in [6.45, 7) is 0.670. The smallest absolute Gasteiger partial charge is 0.119 e. The molecule has 0 bridgehead atoms. The Labute approximate surface area is 83.1 Å². The predicted octanol–water partition coefficient (Wildman–Crippen LogP) is 2.01. The second-order valence-electron chi connectivity index (χ2n) is 2.89. The van der Waals surface area contributed by atoms with E-state index in [1.807, 2.05) is 18.4 Å². The number of nitrogens with two attached hydrogens (primary N) is 1. The molecule has 1 rings (SSSR count). The largest absolute Gasteiger partial charge is 0.508 e. The molecule has 0 atom stereocenters. The molecule has 1 aromatic carbocycles. The standard InChI is InChI=1S/C10H15NOS/c1-13-9-5-4-8(3-2-6-11)10(12)7-9/h4-5,7,12H,2-3,6,11H2,1H3. The number of thioether (sulfide) groups is 1. The van der Waals surface area contributed by atoms with Crippen LogP contribution in [-0.2, 0) is 6.42 Å². The average molecular weight is 197 g/mol. The molecule has 3 N–H and O–H groups in total. The number of aromatic hydroxyl groups is 1. The van der Waals surface area contributed by atoms with Crippen molar-refractivity contribution in [1.29, 1.82) is 0 Å². The Kier molecular flexibility index (Phi) is 4.12. The maximum atomic E-state index is 9.59. The third kappa shape index (κ3) is 2.94. The van der Waals surface area contributed by atoms with Gasteiger partial charge in [-0.1, -0.05) is 6.07 Å². The van der Waals surface area contributed by atoms with Gasteiger partial charge in [-0.05, 0) is 43.3 Å². The zero-order valence-corrected chi connectivity index (χ0v) is 8.60. The third-order valence-corrected chi connectivity index (χ3v) is 2.67.